The van der Waals surface area contributed by atoms with Gasteiger partial charge in [0.2, 0.25) is 5.91 Å². The third-order valence-corrected chi connectivity index (χ3v) is 3.93. The Labute approximate surface area is 161 Å². The van der Waals surface area contributed by atoms with Gasteiger partial charge in [0, 0.05) is 20.5 Å². The van der Waals surface area contributed by atoms with E-state index in [-0.39, 0.29) is 5.91 Å². The van der Waals surface area contributed by atoms with E-state index in [9.17, 15) is 9.59 Å². The highest BCUT2D eigenvalue weighted by molar-refractivity contribution is 5.85. The van der Waals surface area contributed by atoms with Gasteiger partial charge < -0.3 is 15.0 Å². The number of ether oxygens (including phenoxy) is 1. The molecule has 0 unspecified atom stereocenters. The lowest BCUT2D eigenvalue weighted by molar-refractivity contribution is -0.130. The van der Waals surface area contributed by atoms with Gasteiger partial charge in [0.25, 0.3) is 0 Å². The fourth-order valence-electron chi connectivity index (χ4n) is 2.66. The summed E-state index contributed by atoms with van der Waals surface area (Å²) in [7, 11) is 3.34. The molecular weight excluding hydrogens is 340 g/mol. The summed E-state index contributed by atoms with van der Waals surface area (Å²) in [5.41, 5.74) is 2.59. The predicted octanol–water partition coefficient (Wildman–Crippen LogP) is 3.88. The first kappa shape index (κ1) is 20.5. The second kappa shape index (κ2) is 8.71. The molecule has 0 aliphatic heterocycles. The van der Waals surface area contributed by atoms with E-state index >= 15 is 0 Å². The smallest absolute Gasteiger partial charge is 0.408 e. The number of hydrogen-bond donors (Lipinski definition) is 1. The molecule has 0 aliphatic rings. The molecule has 5 heteroatoms. The molecule has 0 saturated carbocycles. The summed E-state index contributed by atoms with van der Waals surface area (Å²) >= 11 is 0. The second-order valence-electron chi connectivity index (χ2n) is 7.70. The third-order valence-electron chi connectivity index (χ3n) is 3.93. The zero-order valence-electron chi connectivity index (χ0n) is 16.7. The SMILES string of the molecule is CN(C)C(=O)[C@H](Cc1ccc(-c2ccccc2)cc1)NC(=O)OC(C)(C)C. The highest BCUT2D eigenvalue weighted by Crippen LogP contribution is 2.20. The molecular formula is C22H28N2O3. The molecule has 2 aromatic rings. The van der Waals surface area contributed by atoms with Gasteiger partial charge in [0.15, 0.2) is 0 Å². The summed E-state index contributed by atoms with van der Waals surface area (Å²) in [6.07, 6.45) is -0.200. The summed E-state index contributed by atoms with van der Waals surface area (Å²) in [6.45, 7) is 5.37. The van der Waals surface area contributed by atoms with Crippen molar-refractivity contribution in [3.05, 3.63) is 60.2 Å². The first-order chi connectivity index (χ1) is 12.7. The molecule has 27 heavy (non-hydrogen) atoms. The molecule has 2 rings (SSSR count). The maximum absolute atomic E-state index is 12.5. The van der Waals surface area contributed by atoms with E-state index in [0.29, 0.717) is 6.42 Å². The lowest BCUT2D eigenvalue weighted by atomic mass is 10.0. The van der Waals surface area contributed by atoms with Crippen molar-refractivity contribution in [2.45, 2.75) is 38.8 Å². The molecule has 1 N–H and O–H groups in total. The minimum atomic E-state index is -0.683. The number of rotatable bonds is 5. The van der Waals surface area contributed by atoms with Gasteiger partial charge in [-0.25, -0.2) is 4.79 Å². The van der Waals surface area contributed by atoms with Crippen molar-refractivity contribution in [3.8, 4) is 11.1 Å². The van der Waals surface area contributed by atoms with Crippen molar-refractivity contribution in [1.29, 1.82) is 0 Å². The largest absolute Gasteiger partial charge is 0.444 e. The van der Waals surface area contributed by atoms with Gasteiger partial charge in [0.1, 0.15) is 11.6 Å². The van der Waals surface area contributed by atoms with Gasteiger partial charge in [0.05, 0.1) is 0 Å². The van der Waals surface area contributed by atoms with Gasteiger partial charge in [-0.2, -0.15) is 0 Å². The molecule has 5 nitrogen and oxygen atoms in total. The molecule has 0 heterocycles. The fourth-order valence-corrected chi connectivity index (χ4v) is 2.66. The van der Waals surface area contributed by atoms with Crippen LogP contribution in [0.15, 0.2) is 54.6 Å². The number of carbonyl (C=O) groups excluding carboxylic acids is 2. The fraction of sp³-hybridized carbons (Fsp3) is 0.364. The maximum Gasteiger partial charge on any atom is 0.408 e. The Morgan fingerprint density at radius 1 is 0.963 bits per heavy atom. The van der Waals surface area contributed by atoms with Crippen LogP contribution in [0, 0.1) is 0 Å². The molecule has 0 fully saturated rings. The van der Waals surface area contributed by atoms with Crippen LogP contribution in [0.3, 0.4) is 0 Å². The van der Waals surface area contributed by atoms with Crippen molar-refractivity contribution in [2.75, 3.05) is 14.1 Å². The number of benzene rings is 2. The van der Waals surface area contributed by atoms with Crippen LogP contribution in [0.2, 0.25) is 0 Å². The number of amides is 2. The third kappa shape index (κ3) is 6.44. The molecule has 0 radical (unpaired) electrons. The van der Waals surface area contributed by atoms with Crippen molar-refractivity contribution < 1.29 is 14.3 Å². The molecule has 2 aromatic carbocycles. The maximum atomic E-state index is 12.5. The van der Waals surface area contributed by atoms with Crippen LogP contribution in [0.1, 0.15) is 26.3 Å². The lowest BCUT2D eigenvalue weighted by Crippen LogP contribution is -2.48. The number of nitrogens with one attached hydrogen (secondary N) is 1. The van der Waals surface area contributed by atoms with Crippen molar-refractivity contribution in [2.24, 2.45) is 0 Å². The van der Waals surface area contributed by atoms with Crippen LogP contribution in [0.5, 0.6) is 0 Å². The van der Waals surface area contributed by atoms with Gasteiger partial charge in [-0.3, -0.25) is 4.79 Å². The molecule has 2 amide bonds. The molecule has 0 saturated heterocycles. The Bertz CT molecular complexity index is 762. The standard InChI is InChI=1S/C22H28N2O3/c1-22(2,3)27-21(26)23-19(20(25)24(4)5)15-16-11-13-18(14-12-16)17-9-7-6-8-10-17/h6-14,19H,15H2,1-5H3,(H,23,26)/t19-/m0/s1. The number of alkyl carbamates (subject to hydrolysis) is 1. The summed E-state index contributed by atoms with van der Waals surface area (Å²) in [6, 6.07) is 17.4. The van der Waals surface area contributed by atoms with Crippen LogP contribution in [0.4, 0.5) is 4.79 Å². The predicted molar refractivity (Wildman–Crippen MR) is 107 cm³/mol. The van der Waals surface area contributed by atoms with Crippen LogP contribution >= 0.6 is 0 Å². The normalized spacial score (nSPS) is 12.2. The second-order valence-corrected chi connectivity index (χ2v) is 7.70. The topological polar surface area (TPSA) is 58.6 Å². The number of nitrogens with zero attached hydrogens (tertiary/aromatic N) is 1. The highest BCUT2D eigenvalue weighted by Gasteiger charge is 2.25. The van der Waals surface area contributed by atoms with Gasteiger partial charge >= 0.3 is 6.09 Å². The number of likely N-dealkylation sites (N-methyl/N-ethyl adjacent to an activating group) is 1. The minimum absolute atomic E-state index is 0.173. The summed E-state index contributed by atoms with van der Waals surface area (Å²) in [5, 5.41) is 2.70. The number of hydrogen-bond acceptors (Lipinski definition) is 3. The summed E-state index contributed by atoms with van der Waals surface area (Å²) in [4.78, 5) is 26.1. The molecule has 0 aromatic heterocycles. The zero-order valence-corrected chi connectivity index (χ0v) is 16.7. The van der Waals surface area contributed by atoms with Gasteiger partial charge in [-0.15, -0.1) is 0 Å². The van der Waals surface area contributed by atoms with E-state index in [1.165, 1.54) is 4.90 Å². The Balaban J connectivity index is 2.12. The average molecular weight is 368 g/mol. The Hall–Kier alpha value is -2.82. The van der Waals surface area contributed by atoms with E-state index in [1.54, 1.807) is 34.9 Å². The summed E-state index contributed by atoms with van der Waals surface area (Å²) < 4.78 is 5.29. The Morgan fingerprint density at radius 2 is 1.52 bits per heavy atom. The van der Waals surface area contributed by atoms with Crippen molar-refractivity contribution in [3.63, 3.8) is 0 Å². The van der Waals surface area contributed by atoms with E-state index in [4.69, 9.17) is 4.74 Å². The van der Waals surface area contributed by atoms with Crippen molar-refractivity contribution in [1.82, 2.24) is 10.2 Å². The summed E-state index contributed by atoms with van der Waals surface area (Å²) in [5.74, 6) is -0.173. The highest BCUT2D eigenvalue weighted by atomic mass is 16.6. The quantitative estimate of drug-likeness (QED) is 0.871. The Morgan fingerprint density at radius 3 is 2.04 bits per heavy atom. The molecule has 144 valence electrons. The minimum Gasteiger partial charge on any atom is -0.444 e. The van der Waals surface area contributed by atoms with Crippen molar-refractivity contribution >= 4 is 12.0 Å². The van der Waals surface area contributed by atoms with Crippen LogP contribution in [-0.4, -0.2) is 42.6 Å². The average Bonchev–Trinajstić information content (AvgIpc) is 2.60. The van der Waals surface area contributed by atoms with Crippen LogP contribution < -0.4 is 5.32 Å². The zero-order chi connectivity index (χ0) is 20.0. The van der Waals surface area contributed by atoms with E-state index < -0.39 is 17.7 Å². The monoisotopic (exact) mass is 368 g/mol. The first-order valence-electron chi connectivity index (χ1n) is 9.01. The van der Waals surface area contributed by atoms with Crippen LogP contribution in [-0.2, 0) is 16.0 Å². The van der Waals surface area contributed by atoms with E-state index in [0.717, 1.165) is 16.7 Å². The molecule has 0 bridgehead atoms. The molecule has 0 aliphatic carbocycles. The molecule has 0 spiro atoms. The molecule has 1 atom stereocenters. The Kier molecular flexibility index (Phi) is 6.61. The lowest BCUT2D eigenvalue weighted by Gasteiger charge is -2.25. The van der Waals surface area contributed by atoms with Gasteiger partial charge in [-0.1, -0.05) is 54.6 Å². The first-order valence-corrected chi connectivity index (χ1v) is 9.01. The van der Waals surface area contributed by atoms with E-state index in [1.807, 2.05) is 42.5 Å². The van der Waals surface area contributed by atoms with Crippen LogP contribution in [0.25, 0.3) is 11.1 Å². The van der Waals surface area contributed by atoms with E-state index in [2.05, 4.69) is 17.4 Å². The number of carbonyl (C=O) groups is 2. The van der Waals surface area contributed by atoms with Gasteiger partial charge in [-0.05, 0) is 37.5 Å².